The van der Waals surface area contributed by atoms with Crippen LogP contribution in [0.5, 0.6) is 11.5 Å². The van der Waals surface area contributed by atoms with E-state index < -0.39 is 5.54 Å². The Morgan fingerprint density at radius 1 is 1.14 bits per heavy atom. The lowest BCUT2D eigenvalue weighted by Gasteiger charge is -2.28. The van der Waals surface area contributed by atoms with Gasteiger partial charge in [0.2, 0.25) is 0 Å². The highest BCUT2D eigenvalue weighted by atomic mass is 16.5. The topological polar surface area (TPSA) is 59.6 Å². The predicted octanol–water partition coefficient (Wildman–Crippen LogP) is 3.18. The molecule has 0 bridgehead atoms. The molecule has 1 aliphatic rings. The number of urea groups is 1. The fourth-order valence-electron chi connectivity index (χ4n) is 2.87. The molecule has 22 heavy (non-hydrogen) atoms. The van der Waals surface area contributed by atoms with E-state index in [4.69, 9.17) is 9.47 Å². The van der Waals surface area contributed by atoms with Gasteiger partial charge >= 0.3 is 6.03 Å². The van der Waals surface area contributed by atoms with Crippen LogP contribution in [0, 0.1) is 0 Å². The molecule has 1 aromatic rings. The molecule has 0 unspecified atom stereocenters. The van der Waals surface area contributed by atoms with Crippen molar-refractivity contribution in [2.45, 2.75) is 51.1 Å². The zero-order valence-corrected chi connectivity index (χ0v) is 13.9. The number of carbonyl (C=O) groups excluding carboxylic acids is 1. The van der Waals surface area contributed by atoms with Gasteiger partial charge in [-0.15, -0.1) is 0 Å². The van der Waals surface area contributed by atoms with Crippen molar-refractivity contribution in [3.63, 3.8) is 0 Å². The van der Waals surface area contributed by atoms with Gasteiger partial charge in [-0.1, -0.05) is 18.9 Å². The summed E-state index contributed by atoms with van der Waals surface area (Å²) in [5.41, 5.74) is 0.467. The third kappa shape index (κ3) is 3.84. The summed E-state index contributed by atoms with van der Waals surface area (Å²) in [6, 6.07) is 5.88. The van der Waals surface area contributed by atoms with E-state index in [-0.39, 0.29) is 6.03 Å². The van der Waals surface area contributed by atoms with Crippen LogP contribution in [0.2, 0.25) is 0 Å². The number of carbonyl (C=O) groups is 1. The lowest BCUT2D eigenvalue weighted by molar-refractivity contribution is 0.226. The van der Waals surface area contributed by atoms with Gasteiger partial charge < -0.3 is 20.1 Å². The highest BCUT2D eigenvalue weighted by Gasteiger charge is 2.26. The molecule has 1 aromatic carbocycles. The molecule has 0 heterocycles. The first-order valence-electron chi connectivity index (χ1n) is 7.77. The third-order valence-electron chi connectivity index (χ3n) is 4.22. The molecular formula is C17H26N2O3. The van der Waals surface area contributed by atoms with E-state index in [0.29, 0.717) is 17.5 Å². The summed E-state index contributed by atoms with van der Waals surface area (Å²) >= 11 is 0. The first-order chi connectivity index (χ1) is 10.5. The van der Waals surface area contributed by atoms with Crippen LogP contribution in [0.25, 0.3) is 0 Å². The summed E-state index contributed by atoms with van der Waals surface area (Å²) in [7, 11) is 3.21. The minimum absolute atomic E-state index is 0.119. The van der Waals surface area contributed by atoms with Crippen LogP contribution in [0.4, 0.5) is 4.79 Å². The van der Waals surface area contributed by atoms with E-state index in [1.165, 1.54) is 12.8 Å². The molecule has 0 aromatic heterocycles. The van der Waals surface area contributed by atoms with Crippen molar-refractivity contribution in [3.05, 3.63) is 23.8 Å². The molecular weight excluding hydrogens is 280 g/mol. The molecule has 0 spiro atoms. The van der Waals surface area contributed by atoms with Gasteiger partial charge in [0.05, 0.1) is 19.8 Å². The Kier molecular flexibility index (Phi) is 5.16. The standard InChI is InChI=1S/C17H26N2O3/c1-17(2,19-16(20)18-13-7-5-6-8-13)12-9-10-14(21-3)15(11-12)22-4/h9-11,13H,5-8H2,1-4H3,(H2,18,19,20). The number of hydrogen-bond acceptors (Lipinski definition) is 3. The first kappa shape index (κ1) is 16.5. The highest BCUT2D eigenvalue weighted by Crippen LogP contribution is 2.32. The normalized spacial score (nSPS) is 15.5. The number of ether oxygens (including phenoxy) is 2. The number of benzene rings is 1. The Morgan fingerprint density at radius 2 is 1.77 bits per heavy atom. The number of amides is 2. The lowest BCUT2D eigenvalue weighted by Crippen LogP contribution is -2.48. The summed E-state index contributed by atoms with van der Waals surface area (Å²) in [5, 5.41) is 6.09. The van der Waals surface area contributed by atoms with E-state index >= 15 is 0 Å². The van der Waals surface area contributed by atoms with Crippen molar-refractivity contribution in [2.24, 2.45) is 0 Å². The van der Waals surface area contributed by atoms with Crippen LogP contribution in [-0.2, 0) is 5.54 Å². The van der Waals surface area contributed by atoms with E-state index in [2.05, 4.69) is 10.6 Å². The maximum atomic E-state index is 12.2. The minimum Gasteiger partial charge on any atom is -0.493 e. The lowest BCUT2D eigenvalue weighted by atomic mass is 9.94. The summed E-state index contributed by atoms with van der Waals surface area (Å²) in [4.78, 5) is 12.2. The zero-order valence-electron chi connectivity index (χ0n) is 13.9. The van der Waals surface area contributed by atoms with Gasteiger partial charge in [-0.3, -0.25) is 0 Å². The Balaban J connectivity index is 2.06. The van der Waals surface area contributed by atoms with E-state index in [1.54, 1.807) is 14.2 Å². The summed E-state index contributed by atoms with van der Waals surface area (Å²) in [6.45, 7) is 3.95. The minimum atomic E-state index is -0.498. The average Bonchev–Trinajstić information content (AvgIpc) is 2.98. The van der Waals surface area contributed by atoms with Crippen LogP contribution < -0.4 is 20.1 Å². The predicted molar refractivity (Wildman–Crippen MR) is 86.5 cm³/mol. The quantitative estimate of drug-likeness (QED) is 0.878. The van der Waals surface area contributed by atoms with Crippen molar-refractivity contribution < 1.29 is 14.3 Å². The first-order valence-corrected chi connectivity index (χ1v) is 7.77. The second-order valence-electron chi connectivity index (χ2n) is 6.27. The fraction of sp³-hybridized carbons (Fsp3) is 0.588. The molecule has 5 nitrogen and oxygen atoms in total. The van der Waals surface area contributed by atoms with Crippen LogP contribution >= 0.6 is 0 Å². The Morgan fingerprint density at radius 3 is 2.36 bits per heavy atom. The number of hydrogen-bond donors (Lipinski definition) is 2. The molecule has 2 amide bonds. The van der Waals surface area contributed by atoms with Gasteiger partial charge in [0.25, 0.3) is 0 Å². The SMILES string of the molecule is COc1ccc(C(C)(C)NC(=O)NC2CCCC2)cc1OC. The zero-order chi connectivity index (χ0) is 16.2. The summed E-state index contributed by atoms with van der Waals surface area (Å²) < 4.78 is 10.6. The Bertz CT molecular complexity index is 523. The molecule has 0 saturated heterocycles. The monoisotopic (exact) mass is 306 g/mol. The van der Waals surface area contributed by atoms with Crippen molar-refractivity contribution in [1.82, 2.24) is 10.6 Å². The van der Waals surface area contributed by atoms with Gasteiger partial charge in [0.1, 0.15) is 0 Å². The molecule has 0 radical (unpaired) electrons. The second-order valence-corrected chi connectivity index (χ2v) is 6.27. The van der Waals surface area contributed by atoms with Gasteiger partial charge in [-0.25, -0.2) is 4.79 Å². The number of nitrogens with one attached hydrogen (secondary N) is 2. The van der Waals surface area contributed by atoms with E-state index in [0.717, 1.165) is 18.4 Å². The maximum Gasteiger partial charge on any atom is 0.315 e. The average molecular weight is 306 g/mol. The van der Waals surface area contributed by atoms with Crippen LogP contribution in [0.3, 0.4) is 0 Å². The molecule has 0 aliphatic heterocycles. The van der Waals surface area contributed by atoms with Crippen molar-refractivity contribution in [1.29, 1.82) is 0 Å². The van der Waals surface area contributed by atoms with Crippen molar-refractivity contribution in [2.75, 3.05) is 14.2 Å². The molecule has 1 fully saturated rings. The molecule has 0 atom stereocenters. The Labute approximate surface area is 132 Å². The van der Waals surface area contributed by atoms with Crippen LogP contribution in [0.1, 0.15) is 45.1 Å². The van der Waals surface area contributed by atoms with E-state index in [9.17, 15) is 4.79 Å². The largest absolute Gasteiger partial charge is 0.493 e. The van der Waals surface area contributed by atoms with Gasteiger partial charge in [-0.05, 0) is 44.4 Å². The number of rotatable bonds is 5. The number of methoxy groups -OCH3 is 2. The molecule has 1 saturated carbocycles. The molecule has 2 rings (SSSR count). The fourth-order valence-corrected chi connectivity index (χ4v) is 2.87. The molecule has 2 N–H and O–H groups in total. The van der Waals surface area contributed by atoms with Crippen molar-refractivity contribution >= 4 is 6.03 Å². The van der Waals surface area contributed by atoms with E-state index in [1.807, 2.05) is 32.0 Å². The second kappa shape index (κ2) is 6.90. The van der Waals surface area contributed by atoms with Gasteiger partial charge in [0.15, 0.2) is 11.5 Å². The molecule has 1 aliphatic carbocycles. The molecule has 5 heteroatoms. The van der Waals surface area contributed by atoms with Crippen LogP contribution in [0.15, 0.2) is 18.2 Å². The highest BCUT2D eigenvalue weighted by molar-refractivity contribution is 5.75. The maximum absolute atomic E-state index is 12.2. The smallest absolute Gasteiger partial charge is 0.315 e. The summed E-state index contributed by atoms with van der Waals surface area (Å²) in [6.07, 6.45) is 4.54. The van der Waals surface area contributed by atoms with Crippen molar-refractivity contribution in [3.8, 4) is 11.5 Å². The van der Waals surface area contributed by atoms with Crippen LogP contribution in [-0.4, -0.2) is 26.3 Å². The Hall–Kier alpha value is -1.91. The van der Waals surface area contributed by atoms with Gasteiger partial charge in [-0.2, -0.15) is 0 Å². The summed E-state index contributed by atoms with van der Waals surface area (Å²) in [5.74, 6) is 1.34. The van der Waals surface area contributed by atoms with Gasteiger partial charge in [0, 0.05) is 6.04 Å². The third-order valence-corrected chi connectivity index (χ3v) is 4.22. The molecule has 122 valence electrons.